The molecule has 0 radical (unpaired) electrons. The van der Waals surface area contributed by atoms with Gasteiger partial charge < -0.3 is 14.6 Å². The summed E-state index contributed by atoms with van der Waals surface area (Å²) in [7, 11) is 1.58. The fourth-order valence-electron chi connectivity index (χ4n) is 1.75. The van der Waals surface area contributed by atoms with Gasteiger partial charge in [-0.1, -0.05) is 28.9 Å². The number of halogens is 1. The van der Waals surface area contributed by atoms with E-state index in [4.69, 9.17) is 20.9 Å². The molecule has 5 nitrogen and oxygen atoms in total. The first-order chi connectivity index (χ1) is 9.60. The van der Waals surface area contributed by atoms with Crippen molar-refractivity contribution >= 4 is 17.5 Å². The van der Waals surface area contributed by atoms with Crippen LogP contribution in [0.15, 0.2) is 34.9 Å². The molecule has 1 aromatic heterocycles. The number of nitrogens with zero attached hydrogens (tertiary/aromatic N) is 1. The number of rotatable bonds is 5. The van der Waals surface area contributed by atoms with Crippen molar-refractivity contribution in [2.45, 2.75) is 13.0 Å². The van der Waals surface area contributed by atoms with Crippen molar-refractivity contribution in [2.24, 2.45) is 0 Å². The van der Waals surface area contributed by atoms with E-state index in [2.05, 4.69) is 10.5 Å². The largest absolute Gasteiger partial charge is 0.383 e. The topological polar surface area (TPSA) is 64.4 Å². The second-order valence-corrected chi connectivity index (χ2v) is 4.85. The van der Waals surface area contributed by atoms with Gasteiger partial charge in [0.15, 0.2) is 11.5 Å². The molecular weight excluding hydrogens is 280 g/mol. The maximum absolute atomic E-state index is 11.9. The lowest BCUT2D eigenvalue weighted by atomic mass is 10.1. The maximum Gasteiger partial charge on any atom is 0.273 e. The van der Waals surface area contributed by atoms with Crippen molar-refractivity contribution in [3.8, 4) is 11.3 Å². The lowest BCUT2D eigenvalue weighted by Crippen LogP contribution is -2.35. The van der Waals surface area contributed by atoms with Crippen molar-refractivity contribution in [1.82, 2.24) is 10.5 Å². The highest BCUT2D eigenvalue weighted by Gasteiger charge is 2.15. The van der Waals surface area contributed by atoms with Crippen molar-refractivity contribution in [3.63, 3.8) is 0 Å². The van der Waals surface area contributed by atoms with Crippen LogP contribution in [-0.2, 0) is 4.74 Å². The molecule has 0 fully saturated rings. The first-order valence-electron chi connectivity index (χ1n) is 6.12. The first-order valence-corrected chi connectivity index (χ1v) is 6.50. The number of aromatic nitrogens is 1. The Bertz CT molecular complexity index is 598. The van der Waals surface area contributed by atoms with Crippen LogP contribution in [0.1, 0.15) is 17.4 Å². The Kier molecular flexibility index (Phi) is 4.76. The lowest BCUT2D eigenvalue weighted by Gasteiger charge is -2.10. The molecule has 1 aromatic carbocycles. The highest BCUT2D eigenvalue weighted by molar-refractivity contribution is 6.30. The number of carbonyl (C=O) groups is 1. The van der Waals surface area contributed by atoms with Crippen LogP contribution in [0.5, 0.6) is 0 Å². The highest BCUT2D eigenvalue weighted by atomic mass is 35.5. The van der Waals surface area contributed by atoms with E-state index in [1.807, 2.05) is 13.0 Å². The standard InChI is InChI=1S/C14H15ClN2O3/c1-9(8-19-2)16-14(18)12-7-13(20-17-12)10-4-3-5-11(15)6-10/h3-7,9H,8H2,1-2H3,(H,16,18)/t9-/m0/s1. The van der Waals surface area contributed by atoms with Gasteiger partial charge >= 0.3 is 0 Å². The van der Waals surface area contributed by atoms with Gasteiger partial charge in [-0.25, -0.2) is 0 Å². The summed E-state index contributed by atoms with van der Waals surface area (Å²) in [5.41, 5.74) is 0.997. The van der Waals surface area contributed by atoms with Crippen LogP contribution < -0.4 is 5.32 Å². The summed E-state index contributed by atoms with van der Waals surface area (Å²) in [6.45, 7) is 2.28. The molecule has 0 unspecified atom stereocenters. The lowest BCUT2D eigenvalue weighted by molar-refractivity contribution is 0.0896. The molecule has 1 atom stereocenters. The zero-order chi connectivity index (χ0) is 14.5. The van der Waals surface area contributed by atoms with Gasteiger partial charge in [-0.05, 0) is 19.1 Å². The molecule has 0 bridgehead atoms. The Morgan fingerprint density at radius 2 is 2.30 bits per heavy atom. The number of ether oxygens (including phenoxy) is 1. The average Bonchev–Trinajstić information content (AvgIpc) is 2.88. The first kappa shape index (κ1) is 14.6. The van der Waals surface area contributed by atoms with Gasteiger partial charge in [0.1, 0.15) is 0 Å². The van der Waals surface area contributed by atoms with E-state index in [1.165, 1.54) is 0 Å². The van der Waals surface area contributed by atoms with Gasteiger partial charge in [0.25, 0.3) is 5.91 Å². The van der Waals surface area contributed by atoms with Crippen LogP contribution in [0.2, 0.25) is 5.02 Å². The number of benzene rings is 1. The number of methoxy groups -OCH3 is 1. The van der Waals surface area contributed by atoms with E-state index < -0.39 is 0 Å². The minimum Gasteiger partial charge on any atom is -0.383 e. The molecule has 0 aliphatic heterocycles. The quantitative estimate of drug-likeness (QED) is 0.921. The summed E-state index contributed by atoms with van der Waals surface area (Å²) in [5, 5.41) is 7.12. The second kappa shape index (κ2) is 6.54. The number of hydrogen-bond acceptors (Lipinski definition) is 4. The third-order valence-electron chi connectivity index (χ3n) is 2.65. The Morgan fingerprint density at radius 3 is 3.00 bits per heavy atom. The molecule has 0 aliphatic carbocycles. The summed E-state index contributed by atoms with van der Waals surface area (Å²) >= 11 is 5.91. The van der Waals surface area contributed by atoms with E-state index in [1.54, 1.807) is 31.4 Å². The molecule has 2 rings (SSSR count). The molecule has 6 heteroatoms. The molecule has 20 heavy (non-hydrogen) atoms. The number of hydrogen-bond donors (Lipinski definition) is 1. The number of amides is 1. The third kappa shape index (κ3) is 3.59. The monoisotopic (exact) mass is 294 g/mol. The smallest absolute Gasteiger partial charge is 0.273 e. The van der Waals surface area contributed by atoms with Crippen LogP contribution >= 0.6 is 11.6 Å². The van der Waals surface area contributed by atoms with E-state index in [0.717, 1.165) is 5.56 Å². The summed E-state index contributed by atoms with van der Waals surface area (Å²) < 4.78 is 10.1. The normalized spacial score (nSPS) is 12.2. The van der Waals surface area contributed by atoms with E-state index in [-0.39, 0.29) is 17.6 Å². The molecule has 2 aromatic rings. The van der Waals surface area contributed by atoms with Crippen molar-refractivity contribution in [3.05, 3.63) is 41.0 Å². The molecule has 1 N–H and O–H groups in total. The van der Waals surface area contributed by atoms with E-state index in [0.29, 0.717) is 17.4 Å². The van der Waals surface area contributed by atoms with E-state index >= 15 is 0 Å². The zero-order valence-corrected chi connectivity index (χ0v) is 12.0. The zero-order valence-electron chi connectivity index (χ0n) is 11.2. The van der Waals surface area contributed by atoms with Gasteiger partial charge in [0.05, 0.1) is 6.61 Å². The maximum atomic E-state index is 11.9. The summed E-state index contributed by atoms with van der Waals surface area (Å²) in [6, 6.07) is 8.64. The van der Waals surface area contributed by atoms with Crippen LogP contribution in [-0.4, -0.2) is 30.8 Å². The van der Waals surface area contributed by atoms with Crippen LogP contribution in [0.25, 0.3) is 11.3 Å². The summed E-state index contributed by atoms with van der Waals surface area (Å²) in [5.74, 6) is 0.198. The Morgan fingerprint density at radius 1 is 1.50 bits per heavy atom. The molecule has 0 aliphatic rings. The molecule has 0 spiro atoms. The van der Waals surface area contributed by atoms with Gasteiger partial charge in [-0.2, -0.15) is 0 Å². The number of carbonyl (C=O) groups excluding carboxylic acids is 1. The molecule has 1 heterocycles. The van der Waals surface area contributed by atoms with Gasteiger partial charge in [-0.15, -0.1) is 0 Å². The molecule has 0 saturated carbocycles. The predicted molar refractivity (Wildman–Crippen MR) is 75.8 cm³/mol. The fourth-order valence-corrected chi connectivity index (χ4v) is 1.94. The Balaban J connectivity index is 2.11. The average molecular weight is 295 g/mol. The van der Waals surface area contributed by atoms with Gasteiger partial charge in [-0.3, -0.25) is 4.79 Å². The van der Waals surface area contributed by atoms with Gasteiger partial charge in [0, 0.05) is 29.8 Å². The van der Waals surface area contributed by atoms with Crippen molar-refractivity contribution in [2.75, 3.05) is 13.7 Å². The fraction of sp³-hybridized carbons (Fsp3) is 0.286. The minimum absolute atomic E-state index is 0.0983. The van der Waals surface area contributed by atoms with Crippen LogP contribution in [0, 0.1) is 0 Å². The molecule has 1 amide bonds. The van der Waals surface area contributed by atoms with E-state index in [9.17, 15) is 4.79 Å². The predicted octanol–water partition coefficient (Wildman–Crippen LogP) is 2.76. The van der Waals surface area contributed by atoms with Crippen LogP contribution in [0.4, 0.5) is 0 Å². The SMILES string of the molecule is COC[C@H](C)NC(=O)c1cc(-c2cccc(Cl)c2)on1. The third-order valence-corrected chi connectivity index (χ3v) is 2.88. The Labute approximate surface area is 121 Å². The van der Waals surface area contributed by atoms with Gasteiger partial charge in [0.2, 0.25) is 0 Å². The summed E-state index contributed by atoms with van der Waals surface area (Å²) in [6.07, 6.45) is 0. The Hall–Kier alpha value is -1.85. The number of nitrogens with one attached hydrogen (secondary N) is 1. The molecule has 0 saturated heterocycles. The summed E-state index contributed by atoms with van der Waals surface area (Å²) in [4.78, 5) is 11.9. The van der Waals surface area contributed by atoms with Crippen LogP contribution in [0.3, 0.4) is 0 Å². The van der Waals surface area contributed by atoms with Crippen molar-refractivity contribution in [1.29, 1.82) is 0 Å². The highest BCUT2D eigenvalue weighted by Crippen LogP contribution is 2.23. The second-order valence-electron chi connectivity index (χ2n) is 4.42. The molecular formula is C14H15ClN2O3. The minimum atomic E-state index is -0.299. The molecule has 106 valence electrons. The van der Waals surface area contributed by atoms with Crippen molar-refractivity contribution < 1.29 is 14.1 Å².